The zero-order chi connectivity index (χ0) is 24.5. The quantitative estimate of drug-likeness (QED) is 0.616. The second-order valence-electron chi connectivity index (χ2n) is 8.95. The zero-order valence-electron chi connectivity index (χ0n) is 19.2. The first-order chi connectivity index (χ1) is 16.1. The smallest absolute Gasteiger partial charge is 0.378 e. The van der Waals surface area contributed by atoms with Crippen molar-refractivity contribution in [2.75, 3.05) is 49.6 Å². The molecule has 1 aromatic carbocycles. The van der Waals surface area contributed by atoms with Crippen LogP contribution in [0.4, 0.5) is 33.9 Å². The number of hydrogen-bond donors (Lipinski definition) is 1. The lowest BCUT2D eigenvalue weighted by atomic mass is 9.99. The molecule has 4 rings (SSSR count). The number of halogens is 4. The number of benzene rings is 1. The van der Waals surface area contributed by atoms with E-state index in [-0.39, 0.29) is 25.2 Å². The number of alkyl halides is 3. The van der Waals surface area contributed by atoms with E-state index < -0.39 is 30.4 Å². The largest absolute Gasteiger partial charge is 0.389 e. The lowest BCUT2D eigenvalue weighted by molar-refractivity contribution is -0.143. The van der Waals surface area contributed by atoms with Gasteiger partial charge in [0, 0.05) is 38.3 Å². The molecule has 2 aromatic rings. The van der Waals surface area contributed by atoms with E-state index in [9.17, 15) is 22.4 Å². The Morgan fingerprint density at radius 1 is 1.15 bits per heavy atom. The van der Waals surface area contributed by atoms with E-state index in [1.165, 1.54) is 11.0 Å². The van der Waals surface area contributed by atoms with E-state index >= 15 is 0 Å². The van der Waals surface area contributed by atoms with Crippen LogP contribution in [0.1, 0.15) is 24.1 Å². The number of aryl methyl sites for hydroxylation is 2. The molecule has 6 nitrogen and oxygen atoms in total. The molecule has 2 aliphatic rings. The first-order valence-corrected chi connectivity index (χ1v) is 11.3. The highest BCUT2D eigenvalue weighted by Gasteiger charge is 2.36. The van der Waals surface area contributed by atoms with Gasteiger partial charge in [0.05, 0.1) is 18.9 Å². The topological polar surface area (TPSA) is 57.7 Å². The van der Waals surface area contributed by atoms with Gasteiger partial charge in [-0.2, -0.15) is 13.2 Å². The summed E-state index contributed by atoms with van der Waals surface area (Å²) in [6.45, 7) is 6.58. The summed E-state index contributed by atoms with van der Waals surface area (Å²) in [5.41, 5.74) is 3.08. The predicted molar refractivity (Wildman–Crippen MR) is 122 cm³/mol. The Bertz CT molecular complexity index is 1050. The number of likely N-dealkylation sites (tertiary alicyclic amines) is 1. The molecule has 10 heteroatoms. The van der Waals surface area contributed by atoms with Crippen molar-refractivity contribution >= 4 is 17.5 Å². The maximum absolute atomic E-state index is 14.7. The highest BCUT2D eigenvalue weighted by Crippen LogP contribution is 2.33. The van der Waals surface area contributed by atoms with Crippen LogP contribution in [0.15, 0.2) is 24.3 Å². The molecular weight excluding hydrogens is 452 g/mol. The summed E-state index contributed by atoms with van der Waals surface area (Å²) in [6.07, 6.45) is -4.92. The molecule has 0 spiro atoms. The lowest BCUT2D eigenvalue weighted by Crippen LogP contribution is -2.36. The molecule has 184 valence electrons. The van der Waals surface area contributed by atoms with Crippen LogP contribution in [-0.2, 0) is 4.74 Å². The minimum atomic E-state index is -4.27. The molecule has 2 amide bonds. The SMILES string of the molecule is Cc1cc(-c2cc(NC(=O)N3CCC(CC(F)(F)F)C3)c(F)cc2C)cc(N2CCOCC2)n1. The number of carbonyl (C=O) groups is 1. The highest BCUT2D eigenvalue weighted by molar-refractivity contribution is 5.91. The van der Waals surface area contributed by atoms with Crippen LogP contribution in [0.25, 0.3) is 11.1 Å². The van der Waals surface area contributed by atoms with Crippen molar-refractivity contribution in [1.82, 2.24) is 9.88 Å². The van der Waals surface area contributed by atoms with Gasteiger partial charge in [-0.15, -0.1) is 0 Å². The van der Waals surface area contributed by atoms with Crippen LogP contribution >= 0.6 is 0 Å². The van der Waals surface area contributed by atoms with Gasteiger partial charge in [-0.1, -0.05) is 0 Å². The first-order valence-electron chi connectivity index (χ1n) is 11.3. The number of nitrogens with one attached hydrogen (secondary N) is 1. The van der Waals surface area contributed by atoms with Crippen molar-refractivity contribution in [3.05, 3.63) is 41.3 Å². The molecular formula is C24H28F4N4O2. The number of pyridine rings is 1. The summed E-state index contributed by atoms with van der Waals surface area (Å²) in [5.74, 6) is -0.428. The molecule has 1 unspecified atom stereocenters. The zero-order valence-corrected chi connectivity index (χ0v) is 19.2. The predicted octanol–water partition coefficient (Wildman–Crippen LogP) is 5.15. The fourth-order valence-corrected chi connectivity index (χ4v) is 4.55. The van der Waals surface area contributed by atoms with Gasteiger partial charge >= 0.3 is 12.2 Å². The van der Waals surface area contributed by atoms with Crippen LogP contribution < -0.4 is 10.2 Å². The van der Waals surface area contributed by atoms with E-state index in [4.69, 9.17) is 4.74 Å². The number of anilines is 2. The highest BCUT2D eigenvalue weighted by atomic mass is 19.4. The number of aromatic nitrogens is 1. The number of hydrogen-bond acceptors (Lipinski definition) is 4. The number of urea groups is 1. The molecule has 2 aliphatic heterocycles. The standard InChI is InChI=1S/C24H28F4N4O2/c1-15-9-20(25)21(30-23(33)32-4-3-17(14-32)13-24(26,27)28)12-19(15)18-10-16(2)29-22(11-18)31-5-7-34-8-6-31/h9-12,17H,3-8,13-14H2,1-2H3,(H,30,33). The molecule has 3 heterocycles. The van der Waals surface area contributed by atoms with E-state index in [1.54, 1.807) is 13.0 Å². The van der Waals surface area contributed by atoms with Crippen molar-refractivity contribution in [3.8, 4) is 11.1 Å². The number of rotatable bonds is 4. The summed E-state index contributed by atoms with van der Waals surface area (Å²) in [4.78, 5) is 20.7. The van der Waals surface area contributed by atoms with Gasteiger partial charge in [-0.05, 0) is 67.1 Å². The summed E-state index contributed by atoms with van der Waals surface area (Å²) in [6, 6.07) is 6.16. The van der Waals surface area contributed by atoms with Gasteiger partial charge in [0.25, 0.3) is 0 Å². The third kappa shape index (κ3) is 5.78. The molecule has 1 N–H and O–H groups in total. The Morgan fingerprint density at radius 2 is 1.88 bits per heavy atom. The Hall–Kier alpha value is -2.88. The van der Waals surface area contributed by atoms with Crippen LogP contribution in [0, 0.1) is 25.6 Å². The molecule has 0 saturated carbocycles. The van der Waals surface area contributed by atoms with E-state index in [2.05, 4.69) is 15.2 Å². The van der Waals surface area contributed by atoms with Crippen LogP contribution in [0.5, 0.6) is 0 Å². The molecule has 0 bridgehead atoms. The molecule has 2 saturated heterocycles. The van der Waals surface area contributed by atoms with Crippen molar-refractivity contribution < 1.29 is 27.1 Å². The second kappa shape index (κ2) is 9.77. The van der Waals surface area contributed by atoms with Gasteiger partial charge in [-0.25, -0.2) is 14.2 Å². The number of carbonyl (C=O) groups excluding carboxylic acids is 1. The van der Waals surface area contributed by atoms with Crippen LogP contribution in [0.3, 0.4) is 0 Å². The van der Waals surface area contributed by atoms with Crippen molar-refractivity contribution in [2.45, 2.75) is 32.9 Å². The molecule has 2 fully saturated rings. The monoisotopic (exact) mass is 480 g/mol. The molecule has 1 atom stereocenters. The molecule has 0 radical (unpaired) electrons. The molecule has 1 aromatic heterocycles. The Labute approximate surface area is 195 Å². The third-order valence-electron chi connectivity index (χ3n) is 6.23. The van der Waals surface area contributed by atoms with Crippen LogP contribution in [-0.4, -0.2) is 61.5 Å². The van der Waals surface area contributed by atoms with E-state index in [0.717, 1.165) is 35.7 Å². The second-order valence-corrected chi connectivity index (χ2v) is 8.95. The number of ether oxygens (including phenoxy) is 1. The van der Waals surface area contributed by atoms with Gasteiger partial charge in [0.1, 0.15) is 11.6 Å². The number of nitrogens with zero attached hydrogens (tertiary/aromatic N) is 3. The summed E-state index contributed by atoms with van der Waals surface area (Å²) in [5, 5.41) is 2.55. The van der Waals surface area contributed by atoms with Crippen molar-refractivity contribution in [2.24, 2.45) is 5.92 Å². The third-order valence-corrected chi connectivity index (χ3v) is 6.23. The summed E-state index contributed by atoms with van der Waals surface area (Å²) < 4.78 is 58.2. The molecule has 0 aliphatic carbocycles. The average molecular weight is 481 g/mol. The van der Waals surface area contributed by atoms with Crippen LogP contribution in [0.2, 0.25) is 0 Å². The maximum atomic E-state index is 14.7. The normalized spacial score (nSPS) is 18.9. The van der Waals surface area contributed by atoms with Gasteiger partial charge in [0.15, 0.2) is 0 Å². The van der Waals surface area contributed by atoms with Crippen molar-refractivity contribution in [1.29, 1.82) is 0 Å². The summed E-state index contributed by atoms with van der Waals surface area (Å²) in [7, 11) is 0. The average Bonchev–Trinajstić information content (AvgIpc) is 3.22. The van der Waals surface area contributed by atoms with Crippen molar-refractivity contribution in [3.63, 3.8) is 0 Å². The summed E-state index contributed by atoms with van der Waals surface area (Å²) >= 11 is 0. The minimum Gasteiger partial charge on any atom is -0.378 e. The number of morpholine rings is 1. The first kappa shape index (κ1) is 24.3. The van der Waals surface area contributed by atoms with Gasteiger partial charge in [-0.3, -0.25) is 0 Å². The maximum Gasteiger partial charge on any atom is 0.389 e. The van der Waals surface area contributed by atoms with Gasteiger partial charge in [0.2, 0.25) is 0 Å². The van der Waals surface area contributed by atoms with Gasteiger partial charge < -0.3 is 19.9 Å². The Kier molecular flexibility index (Phi) is 6.97. The van der Waals surface area contributed by atoms with E-state index in [1.807, 2.05) is 19.1 Å². The fraction of sp³-hybridized carbons (Fsp3) is 0.500. The Morgan fingerprint density at radius 3 is 2.59 bits per heavy atom. The number of amides is 2. The minimum absolute atomic E-state index is 0.00185. The fourth-order valence-electron chi connectivity index (χ4n) is 4.55. The Balaban J connectivity index is 1.54. The lowest BCUT2D eigenvalue weighted by Gasteiger charge is -2.28. The van der Waals surface area contributed by atoms with E-state index in [0.29, 0.717) is 18.8 Å². The molecule has 34 heavy (non-hydrogen) atoms.